The van der Waals surface area contributed by atoms with Gasteiger partial charge in [0.15, 0.2) is 11.6 Å². The first-order valence-corrected chi connectivity index (χ1v) is 6.66. The van der Waals surface area contributed by atoms with Crippen molar-refractivity contribution in [2.24, 2.45) is 5.73 Å². The van der Waals surface area contributed by atoms with Crippen molar-refractivity contribution in [1.82, 2.24) is 0 Å². The average Bonchev–Trinajstić information content (AvgIpc) is 2.53. The summed E-state index contributed by atoms with van der Waals surface area (Å²) in [5, 5.41) is 0. The Bertz CT molecular complexity index is 612. The van der Waals surface area contributed by atoms with Gasteiger partial charge in [-0.2, -0.15) is 0 Å². The third kappa shape index (κ3) is 3.83. The summed E-state index contributed by atoms with van der Waals surface area (Å²) in [7, 11) is 1.50. The molecule has 0 heterocycles. The molecular weight excluding hydrogens is 269 g/mol. The molecule has 4 heteroatoms. The number of rotatable bonds is 6. The Kier molecular flexibility index (Phi) is 5.35. The highest BCUT2D eigenvalue weighted by Gasteiger charge is 2.13. The minimum Gasteiger partial charge on any atom is -0.496 e. The van der Waals surface area contributed by atoms with Crippen molar-refractivity contribution in [3.63, 3.8) is 0 Å². The first-order valence-electron chi connectivity index (χ1n) is 6.66. The van der Waals surface area contributed by atoms with Crippen molar-refractivity contribution in [3.8, 4) is 11.5 Å². The van der Waals surface area contributed by atoms with E-state index in [1.54, 1.807) is 24.3 Å². The molecule has 21 heavy (non-hydrogen) atoms. The second-order valence-electron chi connectivity index (χ2n) is 4.41. The highest BCUT2D eigenvalue weighted by molar-refractivity contribution is 5.60. The number of benzene rings is 2. The van der Waals surface area contributed by atoms with Crippen molar-refractivity contribution in [2.45, 2.75) is 6.61 Å². The second kappa shape index (κ2) is 7.45. The molecule has 0 saturated carbocycles. The Morgan fingerprint density at radius 1 is 1.10 bits per heavy atom. The van der Waals surface area contributed by atoms with Crippen LogP contribution in [0.5, 0.6) is 11.5 Å². The monoisotopic (exact) mass is 287 g/mol. The fourth-order valence-corrected chi connectivity index (χ4v) is 1.92. The first kappa shape index (κ1) is 15.1. The van der Waals surface area contributed by atoms with Crippen LogP contribution in [0.25, 0.3) is 6.08 Å². The van der Waals surface area contributed by atoms with Crippen LogP contribution in [0, 0.1) is 5.82 Å². The van der Waals surface area contributed by atoms with Crippen LogP contribution in [0.3, 0.4) is 0 Å². The van der Waals surface area contributed by atoms with Crippen LogP contribution in [0.2, 0.25) is 0 Å². The molecule has 110 valence electrons. The molecule has 0 aliphatic carbocycles. The van der Waals surface area contributed by atoms with Crippen LogP contribution >= 0.6 is 0 Å². The summed E-state index contributed by atoms with van der Waals surface area (Å²) in [5.41, 5.74) is 6.73. The van der Waals surface area contributed by atoms with E-state index in [0.717, 1.165) is 5.56 Å². The highest BCUT2D eigenvalue weighted by Crippen LogP contribution is 2.30. The van der Waals surface area contributed by atoms with Crippen LogP contribution < -0.4 is 15.2 Å². The molecule has 0 aliphatic rings. The summed E-state index contributed by atoms with van der Waals surface area (Å²) < 4.78 is 25.1. The molecule has 0 spiro atoms. The van der Waals surface area contributed by atoms with E-state index in [9.17, 15) is 4.39 Å². The Balaban J connectivity index is 2.22. The van der Waals surface area contributed by atoms with Gasteiger partial charge < -0.3 is 15.2 Å². The lowest BCUT2D eigenvalue weighted by atomic mass is 10.1. The van der Waals surface area contributed by atoms with E-state index in [4.69, 9.17) is 15.2 Å². The quantitative estimate of drug-likeness (QED) is 0.885. The van der Waals surface area contributed by atoms with Gasteiger partial charge in [-0.15, -0.1) is 0 Å². The lowest BCUT2D eigenvalue weighted by Crippen LogP contribution is -2.00. The first-order chi connectivity index (χ1) is 10.3. The van der Waals surface area contributed by atoms with E-state index >= 15 is 0 Å². The van der Waals surface area contributed by atoms with Crippen LogP contribution in [-0.4, -0.2) is 13.7 Å². The summed E-state index contributed by atoms with van der Waals surface area (Å²) in [4.78, 5) is 0. The molecule has 2 aromatic carbocycles. The zero-order valence-corrected chi connectivity index (χ0v) is 11.9. The third-order valence-electron chi connectivity index (χ3n) is 2.98. The van der Waals surface area contributed by atoms with E-state index in [-0.39, 0.29) is 5.75 Å². The fraction of sp³-hybridized carbons (Fsp3) is 0.176. The van der Waals surface area contributed by atoms with Gasteiger partial charge in [0.05, 0.1) is 12.7 Å². The van der Waals surface area contributed by atoms with Gasteiger partial charge in [0.25, 0.3) is 0 Å². The van der Waals surface area contributed by atoms with E-state index < -0.39 is 5.82 Å². The maximum atomic E-state index is 14.4. The van der Waals surface area contributed by atoms with Crippen LogP contribution in [-0.2, 0) is 6.61 Å². The predicted molar refractivity (Wildman–Crippen MR) is 81.8 cm³/mol. The van der Waals surface area contributed by atoms with Gasteiger partial charge in [-0.25, -0.2) is 4.39 Å². The molecule has 0 saturated heterocycles. The average molecular weight is 287 g/mol. The van der Waals surface area contributed by atoms with E-state index in [1.807, 2.05) is 30.3 Å². The maximum absolute atomic E-state index is 14.4. The smallest absolute Gasteiger partial charge is 0.175 e. The van der Waals surface area contributed by atoms with E-state index in [2.05, 4.69) is 0 Å². The van der Waals surface area contributed by atoms with Crippen molar-refractivity contribution in [3.05, 3.63) is 65.5 Å². The van der Waals surface area contributed by atoms with Gasteiger partial charge in [0, 0.05) is 6.54 Å². The van der Waals surface area contributed by atoms with Crippen LogP contribution in [0.4, 0.5) is 4.39 Å². The number of hydrogen-bond acceptors (Lipinski definition) is 3. The predicted octanol–water partition coefficient (Wildman–Crippen LogP) is 3.39. The Morgan fingerprint density at radius 2 is 1.81 bits per heavy atom. The van der Waals surface area contributed by atoms with Gasteiger partial charge in [0.2, 0.25) is 0 Å². The molecule has 0 radical (unpaired) electrons. The molecule has 0 atom stereocenters. The Hall–Kier alpha value is -2.33. The number of halogens is 1. The standard InChI is InChI=1S/C17H18FNO2/c1-20-15-9-10-16(17(18)14(15)8-5-11-19)21-12-13-6-3-2-4-7-13/h2-10H,11-12,19H2,1H3/b8-5+. The summed E-state index contributed by atoms with van der Waals surface area (Å²) in [6.07, 6.45) is 3.27. The summed E-state index contributed by atoms with van der Waals surface area (Å²) in [5.74, 6) is 0.190. The minimum atomic E-state index is -0.449. The number of nitrogens with two attached hydrogens (primary N) is 1. The molecule has 2 rings (SSSR count). The second-order valence-corrected chi connectivity index (χ2v) is 4.41. The van der Waals surface area contributed by atoms with Crippen molar-refractivity contribution >= 4 is 6.08 Å². The molecule has 0 amide bonds. The summed E-state index contributed by atoms with van der Waals surface area (Å²) in [6, 6.07) is 12.9. The van der Waals surface area contributed by atoms with E-state index in [1.165, 1.54) is 7.11 Å². The summed E-state index contributed by atoms with van der Waals surface area (Å²) >= 11 is 0. The molecule has 0 bridgehead atoms. The molecule has 0 unspecified atom stereocenters. The van der Waals surface area contributed by atoms with Crippen LogP contribution in [0.15, 0.2) is 48.5 Å². The Labute approximate surface area is 123 Å². The zero-order valence-electron chi connectivity index (χ0n) is 11.9. The van der Waals surface area contributed by atoms with Gasteiger partial charge in [-0.05, 0) is 17.7 Å². The van der Waals surface area contributed by atoms with Gasteiger partial charge in [-0.3, -0.25) is 0 Å². The molecule has 0 aromatic heterocycles. The molecule has 3 nitrogen and oxygen atoms in total. The largest absolute Gasteiger partial charge is 0.496 e. The van der Waals surface area contributed by atoms with Gasteiger partial charge in [0.1, 0.15) is 12.4 Å². The molecule has 2 N–H and O–H groups in total. The SMILES string of the molecule is COc1ccc(OCc2ccccc2)c(F)c1/C=C/CN. The van der Waals surface area contributed by atoms with Crippen molar-refractivity contribution in [1.29, 1.82) is 0 Å². The molecule has 0 fully saturated rings. The molecular formula is C17H18FNO2. The normalized spacial score (nSPS) is 10.8. The topological polar surface area (TPSA) is 44.5 Å². The number of methoxy groups -OCH3 is 1. The summed E-state index contributed by atoms with van der Waals surface area (Å²) in [6.45, 7) is 0.641. The Morgan fingerprint density at radius 3 is 2.48 bits per heavy atom. The fourth-order valence-electron chi connectivity index (χ4n) is 1.92. The highest BCUT2D eigenvalue weighted by atomic mass is 19.1. The van der Waals surface area contributed by atoms with Crippen molar-refractivity contribution in [2.75, 3.05) is 13.7 Å². The van der Waals surface area contributed by atoms with Crippen molar-refractivity contribution < 1.29 is 13.9 Å². The van der Waals surface area contributed by atoms with Crippen LogP contribution in [0.1, 0.15) is 11.1 Å². The number of ether oxygens (including phenoxy) is 2. The lowest BCUT2D eigenvalue weighted by Gasteiger charge is -2.12. The molecule has 2 aromatic rings. The minimum absolute atomic E-state index is 0.191. The number of hydrogen-bond donors (Lipinski definition) is 1. The maximum Gasteiger partial charge on any atom is 0.175 e. The third-order valence-corrected chi connectivity index (χ3v) is 2.98. The van der Waals surface area contributed by atoms with Gasteiger partial charge in [-0.1, -0.05) is 42.5 Å². The zero-order chi connectivity index (χ0) is 15.1. The van der Waals surface area contributed by atoms with E-state index in [0.29, 0.717) is 24.5 Å². The van der Waals surface area contributed by atoms with Gasteiger partial charge >= 0.3 is 0 Å². The lowest BCUT2D eigenvalue weighted by molar-refractivity contribution is 0.288. The molecule has 0 aliphatic heterocycles.